The monoisotopic (exact) mass is 471 g/mol. The zero-order valence-corrected chi connectivity index (χ0v) is 18.6. The maximum Gasteiger partial charge on any atom is 0.193 e. The number of rotatable bonds is 6. The van der Waals surface area contributed by atoms with Gasteiger partial charge in [-0.15, -0.1) is 24.0 Å². The van der Waals surface area contributed by atoms with Gasteiger partial charge < -0.3 is 15.1 Å². The lowest BCUT2D eigenvalue weighted by Gasteiger charge is -2.23. The van der Waals surface area contributed by atoms with Gasteiger partial charge in [-0.1, -0.05) is 0 Å². The number of nitrogens with one attached hydrogen (secondary N) is 1. The van der Waals surface area contributed by atoms with Crippen molar-refractivity contribution >= 4 is 29.9 Å². The van der Waals surface area contributed by atoms with Crippen LogP contribution in [-0.4, -0.2) is 66.6 Å². The van der Waals surface area contributed by atoms with Gasteiger partial charge in [0.1, 0.15) is 0 Å². The van der Waals surface area contributed by atoms with E-state index in [9.17, 15) is 0 Å². The van der Waals surface area contributed by atoms with E-state index in [4.69, 9.17) is 4.99 Å². The standard InChI is InChI=1S/C20H33N5.HI/c1-3-22-20(23-10-7-19-6-9-21-14-17(19)2)25-13-8-18(16-25)15-24-11-4-5-12-24;/h6,9,14,18H,3-5,7-8,10-13,15-16H2,1-2H3,(H,22,23);1H. The summed E-state index contributed by atoms with van der Waals surface area (Å²) in [7, 11) is 0. The molecule has 0 aromatic carbocycles. The van der Waals surface area contributed by atoms with Gasteiger partial charge in [-0.3, -0.25) is 9.98 Å². The third-order valence-corrected chi connectivity index (χ3v) is 5.41. The van der Waals surface area contributed by atoms with Crippen LogP contribution in [0.15, 0.2) is 23.5 Å². The van der Waals surface area contributed by atoms with E-state index in [1.165, 1.54) is 50.0 Å². The third-order valence-electron chi connectivity index (χ3n) is 5.41. The predicted molar refractivity (Wildman–Crippen MR) is 119 cm³/mol. The van der Waals surface area contributed by atoms with Crippen molar-refractivity contribution in [2.24, 2.45) is 10.9 Å². The highest BCUT2D eigenvalue weighted by atomic mass is 127. The Kier molecular flexibility index (Phi) is 9.11. The number of nitrogens with zero attached hydrogens (tertiary/aromatic N) is 4. The number of likely N-dealkylation sites (tertiary alicyclic amines) is 2. The molecule has 26 heavy (non-hydrogen) atoms. The fraction of sp³-hybridized carbons (Fsp3) is 0.700. The molecule has 1 aromatic heterocycles. The van der Waals surface area contributed by atoms with Crippen molar-refractivity contribution in [3.63, 3.8) is 0 Å². The Morgan fingerprint density at radius 1 is 1.31 bits per heavy atom. The molecule has 2 fully saturated rings. The van der Waals surface area contributed by atoms with E-state index in [0.717, 1.165) is 44.5 Å². The second-order valence-electron chi connectivity index (χ2n) is 7.40. The minimum atomic E-state index is 0. The topological polar surface area (TPSA) is 43.8 Å². The summed E-state index contributed by atoms with van der Waals surface area (Å²) in [5, 5.41) is 3.49. The summed E-state index contributed by atoms with van der Waals surface area (Å²) in [5.41, 5.74) is 2.61. The molecule has 1 atom stereocenters. The SMILES string of the molecule is CCNC(=NCCc1ccncc1C)N1CCC(CN2CCCC2)C1.I. The number of guanidine groups is 1. The molecule has 1 N–H and O–H groups in total. The Hall–Kier alpha value is -0.890. The van der Waals surface area contributed by atoms with Crippen molar-refractivity contribution in [2.45, 2.75) is 39.5 Å². The maximum absolute atomic E-state index is 4.90. The Morgan fingerprint density at radius 2 is 2.12 bits per heavy atom. The van der Waals surface area contributed by atoms with Crippen LogP contribution >= 0.6 is 24.0 Å². The van der Waals surface area contributed by atoms with Crippen molar-refractivity contribution in [1.29, 1.82) is 0 Å². The van der Waals surface area contributed by atoms with E-state index in [-0.39, 0.29) is 24.0 Å². The van der Waals surface area contributed by atoms with Gasteiger partial charge in [-0.2, -0.15) is 0 Å². The molecule has 1 unspecified atom stereocenters. The van der Waals surface area contributed by atoms with E-state index >= 15 is 0 Å². The van der Waals surface area contributed by atoms with Gasteiger partial charge in [0.2, 0.25) is 0 Å². The van der Waals surface area contributed by atoms with Crippen LogP contribution in [0.4, 0.5) is 0 Å². The summed E-state index contributed by atoms with van der Waals surface area (Å²) < 4.78 is 0. The molecule has 2 saturated heterocycles. The van der Waals surface area contributed by atoms with Gasteiger partial charge in [0.05, 0.1) is 0 Å². The van der Waals surface area contributed by atoms with Crippen LogP contribution in [0.3, 0.4) is 0 Å². The summed E-state index contributed by atoms with van der Waals surface area (Å²) >= 11 is 0. The van der Waals surface area contributed by atoms with Gasteiger partial charge in [-0.25, -0.2) is 0 Å². The van der Waals surface area contributed by atoms with Gasteiger partial charge in [-0.05, 0) is 75.7 Å². The molecule has 1 aromatic rings. The highest BCUT2D eigenvalue weighted by molar-refractivity contribution is 14.0. The van der Waals surface area contributed by atoms with E-state index in [1.807, 2.05) is 12.4 Å². The first-order valence-electron chi connectivity index (χ1n) is 9.91. The normalized spacial score (nSPS) is 21.1. The highest BCUT2D eigenvalue weighted by Crippen LogP contribution is 2.20. The Morgan fingerprint density at radius 3 is 2.85 bits per heavy atom. The number of hydrogen-bond donors (Lipinski definition) is 1. The van der Waals surface area contributed by atoms with Crippen LogP contribution < -0.4 is 5.32 Å². The lowest BCUT2D eigenvalue weighted by atomic mass is 10.1. The number of pyridine rings is 1. The smallest absolute Gasteiger partial charge is 0.193 e. The number of aromatic nitrogens is 1. The average Bonchev–Trinajstić information content (AvgIpc) is 3.28. The molecule has 2 aliphatic rings. The summed E-state index contributed by atoms with van der Waals surface area (Å²) in [6.07, 6.45) is 8.86. The van der Waals surface area contributed by atoms with Crippen LogP contribution in [0.2, 0.25) is 0 Å². The molecular formula is C20H34IN5. The van der Waals surface area contributed by atoms with E-state index in [1.54, 1.807) is 0 Å². The zero-order chi connectivity index (χ0) is 17.5. The minimum absolute atomic E-state index is 0. The average molecular weight is 471 g/mol. The van der Waals surface area contributed by atoms with Gasteiger partial charge in [0.25, 0.3) is 0 Å². The molecule has 0 spiro atoms. The lowest BCUT2D eigenvalue weighted by molar-refractivity contribution is 0.281. The van der Waals surface area contributed by atoms with Gasteiger partial charge in [0.15, 0.2) is 5.96 Å². The molecule has 5 nitrogen and oxygen atoms in total. The van der Waals surface area contributed by atoms with Gasteiger partial charge in [0, 0.05) is 45.1 Å². The Labute approximate surface area is 175 Å². The van der Waals surface area contributed by atoms with Crippen molar-refractivity contribution in [2.75, 3.05) is 45.8 Å². The highest BCUT2D eigenvalue weighted by Gasteiger charge is 2.27. The molecule has 0 amide bonds. The first-order chi connectivity index (χ1) is 12.3. The Balaban J connectivity index is 0.00000243. The number of hydrogen-bond acceptors (Lipinski definition) is 3. The summed E-state index contributed by atoms with van der Waals surface area (Å²) in [6.45, 7) is 12.2. The second-order valence-corrected chi connectivity index (χ2v) is 7.40. The van der Waals surface area contributed by atoms with E-state index in [0.29, 0.717) is 0 Å². The van der Waals surface area contributed by atoms with Crippen molar-refractivity contribution in [3.8, 4) is 0 Å². The fourth-order valence-corrected chi connectivity index (χ4v) is 4.00. The molecule has 0 bridgehead atoms. The maximum atomic E-state index is 4.90. The molecule has 3 rings (SSSR count). The fourth-order valence-electron chi connectivity index (χ4n) is 4.00. The van der Waals surface area contributed by atoms with Crippen molar-refractivity contribution in [1.82, 2.24) is 20.1 Å². The molecule has 6 heteroatoms. The van der Waals surface area contributed by atoms with Crippen LogP contribution in [0.5, 0.6) is 0 Å². The number of aliphatic imine (C=N–C) groups is 1. The molecule has 0 aliphatic carbocycles. The van der Waals surface area contributed by atoms with Gasteiger partial charge >= 0.3 is 0 Å². The molecule has 146 valence electrons. The molecule has 0 radical (unpaired) electrons. The van der Waals surface area contributed by atoms with Crippen LogP contribution in [0.25, 0.3) is 0 Å². The van der Waals surface area contributed by atoms with Crippen LogP contribution in [0, 0.1) is 12.8 Å². The van der Waals surface area contributed by atoms with Crippen LogP contribution in [0.1, 0.15) is 37.3 Å². The summed E-state index contributed by atoms with van der Waals surface area (Å²) in [5.74, 6) is 1.89. The van der Waals surface area contributed by atoms with E-state index < -0.39 is 0 Å². The van der Waals surface area contributed by atoms with Crippen LogP contribution in [-0.2, 0) is 6.42 Å². The summed E-state index contributed by atoms with van der Waals surface area (Å²) in [6, 6.07) is 2.11. The quantitative estimate of drug-likeness (QED) is 0.394. The van der Waals surface area contributed by atoms with Crippen molar-refractivity contribution in [3.05, 3.63) is 29.6 Å². The lowest BCUT2D eigenvalue weighted by Crippen LogP contribution is -2.41. The molecule has 0 saturated carbocycles. The van der Waals surface area contributed by atoms with E-state index in [2.05, 4.69) is 40.0 Å². The second kappa shape index (κ2) is 11.1. The third kappa shape index (κ3) is 6.08. The largest absolute Gasteiger partial charge is 0.357 e. The predicted octanol–water partition coefficient (Wildman–Crippen LogP) is 2.93. The molecule has 2 aliphatic heterocycles. The number of halogens is 1. The zero-order valence-electron chi connectivity index (χ0n) is 16.3. The Bertz CT molecular complexity index is 571. The molecular weight excluding hydrogens is 437 g/mol. The minimum Gasteiger partial charge on any atom is -0.357 e. The number of aryl methyl sites for hydroxylation is 1. The first-order valence-corrected chi connectivity index (χ1v) is 9.91. The van der Waals surface area contributed by atoms with Crippen molar-refractivity contribution < 1.29 is 0 Å². The summed E-state index contributed by atoms with van der Waals surface area (Å²) in [4.78, 5) is 14.2. The molecule has 3 heterocycles. The first kappa shape index (κ1) is 21.4.